The Morgan fingerprint density at radius 3 is 2.67 bits per heavy atom. The van der Waals surface area contributed by atoms with Gasteiger partial charge in [-0.25, -0.2) is 13.6 Å². The van der Waals surface area contributed by atoms with E-state index in [1.54, 1.807) is 6.92 Å². The van der Waals surface area contributed by atoms with Gasteiger partial charge >= 0.3 is 5.97 Å². The van der Waals surface area contributed by atoms with E-state index in [1.807, 2.05) is 0 Å². The van der Waals surface area contributed by atoms with Crippen molar-refractivity contribution in [1.82, 2.24) is 4.98 Å². The summed E-state index contributed by atoms with van der Waals surface area (Å²) in [7, 11) is 1.19. The number of esters is 1. The molecule has 0 atom stereocenters. The molecule has 0 spiro atoms. The number of ether oxygens (including phenoxy) is 2. The van der Waals surface area contributed by atoms with Crippen LogP contribution in [-0.2, 0) is 11.3 Å². The first-order valence-electron chi connectivity index (χ1n) is 5.27. The molecule has 0 radical (unpaired) electrons. The second kappa shape index (κ2) is 6.25. The number of hydrogen-bond acceptors (Lipinski definition) is 5. The van der Waals surface area contributed by atoms with Gasteiger partial charge in [0.2, 0.25) is 0 Å². The quantitative estimate of drug-likeness (QED) is 0.815. The van der Waals surface area contributed by atoms with Crippen molar-refractivity contribution in [3.05, 3.63) is 23.0 Å². The monoisotopic (exact) mass is 260 g/mol. The smallest absolute Gasteiger partial charge is 0.342 e. The number of hydrogen-bond donors (Lipinski definition) is 1. The fraction of sp³-hybridized carbons (Fsp3) is 0.455. The molecule has 2 N–H and O–H groups in total. The van der Waals surface area contributed by atoms with Gasteiger partial charge in [0.05, 0.1) is 13.7 Å². The van der Waals surface area contributed by atoms with Crippen molar-refractivity contribution in [3.63, 3.8) is 0 Å². The van der Waals surface area contributed by atoms with E-state index in [0.717, 1.165) is 6.20 Å². The highest BCUT2D eigenvalue weighted by Crippen LogP contribution is 2.32. The number of rotatable bonds is 5. The van der Waals surface area contributed by atoms with Gasteiger partial charge in [-0.05, 0) is 6.92 Å². The Bertz CT molecular complexity index is 439. The first kappa shape index (κ1) is 14.3. The molecule has 0 unspecified atom stereocenters. The highest BCUT2D eigenvalue weighted by molar-refractivity contribution is 5.94. The number of nitrogens with two attached hydrogens (primary N) is 1. The zero-order chi connectivity index (χ0) is 13.7. The van der Waals surface area contributed by atoms with Gasteiger partial charge in [0.1, 0.15) is 11.3 Å². The lowest BCUT2D eigenvalue weighted by Gasteiger charge is -2.14. The summed E-state index contributed by atoms with van der Waals surface area (Å²) in [6.07, 6.45) is -1.71. The number of methoxy groups -OCH3 is 1. The maximum atomic E-state index is 12.8. The van der Waals surface area contributed by atoms with Crippen LogP contribution >= 0.6 is 0 Å². The second-order valence-electron chi connectivity index (χ2n) is 3.30. The summed E-state index contributed by atoms with van der Waals surface area (Å²) in [5.74, 6) is -1.04. The summed E-state index contributed by atoms with van der Waals surface area (Å²) in [6, 6.07) is 0. The number of alkyl halides is 2. The van der Waals surface area contributed by atoms with E-state index in [2.05, 4.69) is 4.98 Å². The third-order valence-corrected chi connectivity index (χ3v) is 2.25. The Balaban J connectivity index is 3.41. The number of halogens is 2. The minimum atomic E-state index is -2.85. The van der Waals surface area contributed by atoms with Crippen molar-refractivity contribution < 1.29 is 23.0 Å². The van der Waals surface area contributed by atoms with Gasteiger partial charge in [-0.15, -0.1) is 0 Å². The van der Waals surface area contributed by atoms with Crippen molar-refractivity contribution in [1.29, 1.82) is 0 Å². The van der Waals surface area contributed by atoms with Crippen LogP contribution in [0.4, 0.5) is 8.78 Å². The fourth-order valence-corrected chi connectivity index (χ4v) is 1.49. The lowest BCUT2D eigenvalue weighted by Crippen LogP contribution is -2.15. The van der Waals surface area contributed by atoms with Gasteiger partial charge in [0.15, 0.2) is 5.75 Å². The lowest BCUT2D eigenvalue weighted by atomic mass is 10.1. The van der Waals surface area contributed by atoms with E-state index < -0.39 is 18.1 Å². The Kier molecular flexibility index (Phi) is 4.96. The first-order valence-corrected chi connectivity index (χ1v) is 5.27. The topological polar surface area (TPSA) is 74.4 Å². The van der Waals surface area contributed by atoms with E-state index in [1.165, 1.54) is 7.11 Å². The minimum Gasteiger partial charge on any atom is -0.494 e. The third-order valence-electron chi connectivity index (χ3n) is 2.25. The molecule has 1 heterocycles. The van der Waals surface area contributed by atoms with Crippen molar-refractivity contribution in [2.75, 3.05) is 13.7 Å². The van der Waals surface area contributed by atoms with Crippen LogP contribution in [0.5, 0.6) is 5.75 Å². The second-order valence-corrected chi connectivity index (χ2v) is 3.30. The van der Waals surface area contributed by atoms with Gasteiger partial charge in [0, 0.05) is 18.3 Å². The largest absolute Gasteiger partial charge is 0.494 e. The van der Waals surface area contributed by atoms with Crippen LogP contribution in [0, 0.1) is 0 Å². The molecule has 0 aliphatic heterocycles. The van der Waals surface area contributed by atoms with Crippen LogP contribution in [0.1, 0.15) is 35.0 Å². The van der Waals surface area contributed by atoms with Crippen molar-refractivity contribution in [2.45, 2.75) is 19.9 Å². The van der Waals surface area contributed by atoms with Crippen LogP contribution in [0.25, 0.3) is 0 Å². The highest BCUT2D eigenvalue weighted by atomic mass is 19.3. The zero-order valence-corrected chi connectivity index (χ0v) is 10.1. The molecule has 100 valence electrons. The Labute approximate surface area is 103 Å². The number of nitrogens with zero attached hydrogens (tertiary/aromatic N) is 1. The SMILES string of the molecule is CCOC(=O)c1c(CN)cnc(C(F)F)c1OC. The van der Waals surface area contributed by atoms with Crippen LogP contribution in [0.3, 0.4) is 0 Å². The molecule has 1 aromatic heterocycles. The van der Waals surface area contributed by atoms with Gasteiger partial charge in [-0.1, -0.05) is 0 Å². The Morgan fingerprint density at radius 2 is 2.22 bits per heavy atom. The van der Waals surface area contributed by atoms with Crippen LogP contribution in [0.15, 0.2) is 6.20 Å². The molecule has 0 amide bonds. The number of carbonyl (C=O) groups excluding carboxylic acids is 1. The molecule has 0 aromatic carbocycles. The lowest BCUT2D eigenvalue weighted by molar-refractivity contribution is 0.0520. The molecule has 0 saturated heterocycles. The number of carbonyl (C=O) groups is 1. The normalized spacial score (nSPS) is 10.6. The molecule has 0 bridgehead atoms. The van der Waals surface area contributed by atoms with Crippen LogP contribution in [0.2, 0.25) is 0 Å². The molecule has 5 nitrogen and oxygen atoms in total. The van der Waals surface area contributed by atoms with E-state index >= 15 is 0 Å². The molecule has 18 heavy (non-hydrogen) atoms. The Morgan fingerprint density at radius 1 is 1.56 bits per heavy atom. The molecule has 0 fully saturated rings. The predicted molar refractivity (Wildman–Crippen MR) is 59.6 cm³/mol. The highest BCUT2D eigenvalue weighted by Gasteiger charge is 2.26. The first-order chi connectivity index (χ1) is 8.56. The molecular weight excluding hydrogens is 246 g/mol. The molecule has 0 saturated carbocycles. The van der Waals surface area contributed by atoms with E-state index in [9.17, 15) is 13.6 Å². The minimum absolute atomic E-state index is 0.0268. The van der Waals surface area contributed by atoms with E-state index in [4.69, 9.17) is 15.2 Å². The molecule has 7 heteroatoms. The zero-order valence-electron chi connectivity index (χ0n) is 10.1. The maximum Gasteiger partial charge on any atom is 0.342 e. The van der Waals surface area contributed by atoms with E-state index in [0.29, 0.717) is 5.56 Å². The van der Waals surface area contributed by atoms with Crippen molar-refractivity contribution in [3.8, 4) is 5.75 Å². The molecule has 1 aromatic rings. The average molecular weight is 260 g/mol. The summed E-state index contributed by atoms with van der Waals surface area (Å²) in [5.41, 5.74) is 5.05. The summed E-state index contributed by atoms with van der Waals surface area (Å²) in [4.78, 5) is 15.3. The summed E-state index contributed by atoms with van der Waals surface area (Å²) >= 11 is 0. The molecule has 0 aliphatic carbocycles. The average Bonchev–Trinajstić information content (AvgIpc) is 2.36. The summed E-state index contributed by atoms with van der Waals surface area (Å²) in [6.45, 7) is 1.71. The van der Waals surface area contributed by atoms with Gasteiger partial charge in [-0.3, -0.25) is 4.98 Å². The van der Waals surface area contributed by atoms with Crippen molar-refractivity contribution >= 4 is 5.97 Å². The summed E-state index contributed by atoms with van der Waals surface area (Å²) in [5, 5.41) is 0. The molecular formula is C11H14F2N2O3. The van der Waals surface area contributed by atoms with Crippen LogP contribution < -0.4 is 10.5 Å². The van der Waals surface area contributed by atoms with Gasteiger partial charge in [0.25, 0.3) is 6.43 Å². The third kappa shape index (κ3) is 2.73. The van der Waals surface area contributed by atoms with Gasteiger partial charge < -0.3 is 15.2 Å². The number of aromatic nitrogens is 1. The summed E-state index contributed by atoms with van der Waals surface area (Å²) < 4.78 is 35.2. The fourth-order valence-electron chi connectivity index (χ4n) is 1.49. The number of pyridine rings is 1. The predicted octanol–water partition coefficient (Wildman–Crippen LogP) is 1.66. The van der Waals surface area contributed by atoms with E-state index in [-0.39, 0.29) is 24.5 Å². The van der Waals surface area contributed by atoms with Gasteiger partial charge in [-0.2, -0.15) is 0 Å². The molecule has 0 aliphatic rings. The Hall–Kier alpha value is -1.76. The van der Waals surface area contributed by atoms with Crippen LogP contribution in [-0.4, -0.2) is 24.7 Å². The van der Waals surface area contributed by atoms with Crippen molar-refractivity contribution in [2.24, 2.45) is 5.73 Å². The maximum absolute atomic E-state index is 12.8. The molecule has 1 rings (SSSR count). The standard InChI is InChI=1S/C11H14F2N2O3/c1-3-18-11(16)7-6(4-14)5-15-8(10(12)13)9(7)17-2/h5,10H,3-4,14H2,1-2H3.